The van der Waals surface area contributed by atoms with Crippen LogP contribution < -0.4 is 15.0 Å². The van der Waals surface area contributed by atoms with Gasteiger partial charge in [0, 0.05) is 35.8 Å². The number of carbonyl (C=O) groups is 2. The molecule has 1 atom stereocenters. The van der Waals surface area contributed by atoms with Crippen molar-refractivity contribution >= 4 is 28.4 Å². The number of para-hydroxylation sites is 1. The van der Waals surface area contributed by atoms with Crippen molar-refractivity contribution in [3.05, 3.63) is 95.2 Å². The highest BCUT2D eigenvalue weighted by molar-refractivity contribution is 5.99. The van der Waals surface area contributed by atoms with Crippen molar-refractivity contribution in [1.82, 2.24) is 10.3 Å². The van der Waals surface area contributed by atoms with Crippen LogP contribution in [0.4, 0.5) is 5.69 Å². The normalized spacial score (nSPS) is 15.9. The Bertz CT molecular complexity index is 1370. The number of hydrogen-bond donors (Lipinski definition) is 2. The Morgan fingerprint density at radius 1 is 0.971 bits per heavy atom. The van der Waals surface area contributed by atoms with E-state index in [4.69, 9.17) is 4.74 Å². The predicted molar refractivity (Wildman–Crippen MR) is 138 cm³/mol. The summed E-state index contributed by atoms with van der Waals surface area (Å²) in [5.74, 6) is 0.402. The van der Waals surface area contributed by atoms with Gasteiger partial charge in [-0.3, -0.25) is 9.59 Å². The van der Waals surface area contributed by atoms with Crippen LogP contribution in [-0.4, -0.2) is 37.0 Å². The van der Waals surface area contributed by atoms with E-state index in [0.717, 1.165) is 52.0 Å². The number of carbonyl (C=O) groups excluding carboxylic acids is 2. The summed E-state index contributed by atoms with van der Waals surface area (Å²) in [5, 5.41) is 4.10. The lowest BCUT2D eigenvalue weighted by Gasteiger charge is -2.25. The van der Waals surface area contributed by atoms with Crippen LogP contribution in [0, 0.1) is 0 Å². The van der Waals surface area contributed by atoms with Gasteiger partial charge in [-0.1, -0.05) is 42.5 Å². The number of nitrogens with zero attached hydrogens (tertiary/aromatic N) is 1. The van der Waals surface area contributed by atoms with Gasteiger partial charge in [0.1, 0.15) is 11.8 Å². The van der Waals surface area contributed by atoms with E-state index in [1.807, 2.05) is 60.7 Å². The summed E-state index contributed by atoms with van der Waals surface area (Å²) in [6.45, 7) is 0. The highest BCUT2D eigenvalue weighted by Gasteiger charge is 2.27. The molecule has 178 valence electrons. The monoisotopic (exact) mass is 467 g/mol. The summed E-state index contributed by atoms with van der Waals surface area (Å²) in [6, 6.07) is 23.0. The average Bonchev–Trinajstić information content (AvgIpc) is 3.23. The maximum atomic E-state index is 13.6. The Hall–Kier alpha value is -4.06. The van der Waals surface area contributed by atoms with E-state index in [-0.39, 0.29) is 18.2 Å². The number of benzene rings is 3. The fraction of sp³-hybridized carbons (Fsp3) is 0.241. The van der Waals surface area contributed by atoms with Crippen molar-refractivity contribution in [3.8, 4) is 5.75 Å². The van der Waals surface area contributed by atoms with Crippen LogP contribution in [0.15, 0.2) is 72.8 Å². The SMILES string of the molecule is COc1ccc(N(C)C(=O)C2Cc3cccc(c3)CCc3[nH]c4ccccc4c3CC(=O)N2)cc1. The average molecular weight is 468 g/mol. The van der Waals surface area contributed by atoms with Crippen LogP contribution in [0.5, 0.6) is 5.75 Å². The minimum atomic E-state index is -0.682. The maximum Gasteiger partial charge on any atom is 0.249 e. The second-order valence-electron chi connectivity index (χ2n) is 9.04. The second kappa shape index (κ2) is 9.66. The number of aryl methyl sites for hydroxylation is 2. The van der Waals surface area contributed by atoms with Gasteiger partial charge < -0.3 is 19.9 Å². The molecule has 2 amide bonds. The Morgan fingerprint density at radius 2 is 1.74 bits per heavy atom. The first-order chi connectivity index (χ1) is 17.0. The summed E-state index contributed by atoms with van der Waals surface area (Å²) in [7, 11) is 3.35. The van der Waals surface area contributed by atoms with Crippen molar-refractivity contribution < 1.29 is 14.3 Å². The van der Waals surface area contributed by atoms with Crippen molar-refractivity contribution in [1.29, 1.82) is 0 Å². The molecule has 5 rings (SSSR count). The number of aromatic amines is 1. The minimum Gasteiger partial charge on any atom is -0.497 e. The van der Waals surface area contributed by atoms with E-state index in [1.165, 1.54) is 5.56 Å². The van der Waals surface area contributed by atoms with Crippen LogP contribution in [0.2, 0.25) is 0 Å². The van der Waals surface area contributed by atoms with Gasteiger partial charge in [-0.15, -0.1) is 0 Å². The molecule has 1 aromatic heterocycles. The highest BCUT2D eigenvalue weighted by atomic mass is 16.5. The molecular formula is C29H29N3O3. The van der Waals surface area contributed by atoms with Gasteiger partial charge >= 0.3 is 0 Å². The summed E-state index contributed by atoms with van der Waals surface area (Å²) in [4.78, 5) is 32.0. The van der Waals surface area contributed by atoms with Crippen molar-refractivity contribution in [2.24, 2.45) is 0 Å². The van der Waals surface area contributed by atoms with Gasteiger partial charge in [-0.05, 0) is 59.9 Å². The Balaban J connectivity index is 1.49. The summed E-state index contributed by atoms with van der Waals surface area (Å²) >= 11 is 0. The molecule has 0 fully saturated rings. The summed E-state index contributed by atoms with van der Waals surface area (Å²) in [5.41, 5.74) is 6.09. The van der Waals surface area contributed by atoms with E-state index in [0.29, 0.717) is 6.42 Å². The maximum absolute atomic E-state index is 13.6. The Morgan fingerprint density at radius 3 is 2.54 bits per heavy atom. The number of aromatic nitrogens is 1. The van der Waals surface area contributed by atoms with Gasteiger partial charge in [0.25, 0.3) is 0 Å². The zero-order chi connectivity index (χ0) is 24.4. The van der Waals surface area contributed by atoms with Crippen molar-refractivity contribution in [2.75, 3.05) is 19.1 Å². The van der Waals surface area contributed by atoms with E-state index in [2.05, 4.69) is 22.4 Å². The van der Waals surface area contributed by atoms with Crippen LogP contribution in [-0.2, 0) is 35.3 Å². The van der Waals surface area contributed by atoms with Crippen LogP contribution in [0.25, 0.3) is 10.9 Å². The molecule has 0 spiro atoms. The quantitative estimate of drug-likeness (QED) is 0.474. The summed E-state index contributed by atoms with van der Waals surface area (Å²) < 4.78 is 5.23. The number of H-pyrrole nitrogens is 1. The molecule has 1 aliphatic heterocycles. The summed E-state index contributed by atoms with van der Waals surface area (Å²) in [6.07, 6.45) is 2.34. The number of anilines is 1. The molecule has 1 aliphatic rings. The lowest BCUT2D eigenvalue weighted by Crippen LogP contribution is -2.49. The first-order valence-corrected chi connectivity index (χ1v) is 11.9. The molecule has 3 aromatic carbocycles. The lowest BCUT2D eigenvalue weighted by molar-refractivity contribution is -0.127. The number of hydrogen-bond acceptors (Lipinski definition) is 3. The molecule has 35 heavy (non-hydrogen) atoms. The molecule has 0 aliphatic carbocycles. The third-order valence-corrected chi connectivity index (χ3v) is 6.76. The van der Waals surface area contributed by atoms with Gasteiger partial charge in [0.15, 0.2) is 0 Å². The predicted octanol–water partition coefficient (Wildman–Crippen LogP) is 4.21. The number of nitrogens with one attached hydrogen (secondary N) is 2. The first kappa shape index (κ1) is 22.7. The second-order valence-corrected chi connectivity index (χ2v) is 9.04. The van der Waals surface area contributed by atoms with E-state index < -0.39 is 6.04 Å². The number of rotatable bonds is 3. The zero-order valence-electron chi connectivity index (χ0n) is 20.0. The molecule has 0 radical (unpaired) electrons. The third kappa shape index (κ3) is 4.78. The fourth-order valence-electron chi connectivity index (χ4n) is 4.86. The number of methoxy groups -OCH3 is 1. The third-order valence-electron chi connectivity index (χ3n) is 6.76. The van der Waals surface area contributed by atoms with Crippen LogP contribution >= 0.6 is 0 Å². The number of likely N-dealkylation sites (N-methyl/N-ethyl adjacent to an activating group) is 1. The smallest absolute Gasteiger partial charge is 0.249 e. The van der Waals surface area contributed by atoms with Gasteiger partial charge in [-0.2, -0.15) is 0 Å². The highest BCUT2D eigenvalue weighted by Crippen LogP contribution is 2.25. The van der Waals surface area contributed by atoms with Gasteiger partial charge in [-0.25, -0.2) is 0 Å². The number of fused-ring (bicyclic) bond motifs is 5. The molecule has 2 N–H and O–H groups in total. The zero-order valence-corrected chi connectivity index (χ0v) is 20.0. The van der Waals surface area contributed by atoms with Gasteiger partial charge in [0.2, 0.25) is 11.8 Å². The molecule has 6 heteroatoms. The molecule has 2 heterocycles. The molecule has 0 saturated carbocycles. The number of amides is 2. The van der Waals surface area contributed by atoms with Crippen molar-refractivity contribution in [3.63, 3.8) is 0 Å². The topological polar surface area (TPSA) is 74.4 Å². The fourth-order valence-corrected chi connectivity index (χ4v) is 4.86. The van der Waals surface area contributed by atoms with E-state index in [1.54, 1.807) is 19.1 Å². The van der Waals surface area contributed by atoms with Crippen LogP contribution in [0.1, 0.15) is 22.4 Å². The molecule has 2 bridgehead atoms. The molecule has 6 nitrogen and oxygen atoms in total. The van der Waals surface area contributed by atoms with Crippen molar-refractivity contribution in [2.45, 2.75) is 31.7 Å². The minimum absolute atomic E-state index is 0.158. The Kier molecular flexibility index (Phi) is 6.27. The Labute approximate surface area is 204 Å². The first-order valence-electron chi connectivity index (χ1n) is 11.9. The standard InChI is InChI=1S/C29H29N3O3/c1-32(21-11-13-22(35-2)14-12-21)29(34)27-17-20-7-5-6-19(16-20)10-15-26-24(18-28(33)31-27)23-8-3-4-9-25(23)30-26/h3-9,11-14,16,27,30H,10,15,17-18H2,1-2H3,(H,31,33). The van der Waals surface area contributed by atoms with Crippen LogP contribution in [0.3, 0.4) is 0 Å². The molecule has 0 saturated heterocycles. The molecule has 4 aromatic rings. The molecule has 1 unspecified atom stereocenters. The van der Waals surface area contributed by atoms with E-state index >= 15 is 0 Å². The van der Waals surface area contributed by atoms with E-state index in [9.17, 15) is 9.59 Å². The lowest BCUT2D eigenvalue weighted by atomic mass is 9.97. The largest absolute Gasteiger partial charge is 0.497 e. The number of ether oxygens (including phenoxy) is 1. The van der Waals surface area contributed by atoms with Gasteiger partial charge in [0.05, 0.1) is 13.5 Å². The molecular weight excluding hydrogens is 438 g/mol.